The summed E-state index contributed by atoms with van der Waals surface area (Å²) in [5.41, 5.74) is 0.537. The third kappa shape index (κ3) is 2.72. The molecular weight excluding hydrogens is 218 g/mol. The zero-order valence-electron chi connectivity index (χ0n) is 9.33. The van der Waals surface area contributed by atoms with Gasteiger partial charge >= 0.3 is 5.97 Å². The zero-order chi connectivity index (χ0) is 12.3. The Morgan fingerprint density at radius 3 is 3.06 bits per heavy atom. The molecule has 1 unspecified atom stereocenters. The van der Waals surface area contributed by atoms with Crippen LogP contribution in [-0.4, -0.2) is 29.1 Å². The summed E-state index contributed by atoms with van der Waals surface area (Å²) < 4.78 is 0. The minimum Gasteiger partial charge on any atom is -0.481 e. The highest BCUT2D eigenvalue weighted by Gasteiger charge is 2.25. The highest BCUT2D eigenvalue weighted by atomic mass is 16.4. The van der Waals surface area contributed by atoms with Gasteiger partial charge in [-0.1, -0.05) is 0 Å². The van der Waals surface area contributed by atoms with Crippen molar-refractivity contribution in [1.82, 2.24) is 4.98 Å². The van der Waals surface area contributed by atoms with Gasteiger partial charge in [-0.25, -0.2) is 4.98 Å². The lowest BCUT2D eigenvalue weighted by atomic mass is 10.1. The van der Waals surface area contributed by atoms with E-state index < -0.39 is 5.97 Å². The predicted molar refractivity (Wildman–Crippen MR) is 61.5 cm³/mol. The maximum atomic E-state index is 10.6. The average Bonchev–Trinajstić information content (AvgIpc) is 2.77. The van der Waals surface area contributed by atoms with Gasteiger partial charge in [0.2, 0.25) is 0 Å². The third-order valence-electron chi connectivity index (χ3n) is 2.95. The van der Waals surface area contributed by atoms with Crippen molar-refractivity contribution in [2.75, 3.05) is 18.0 Å². The molecule has 0 aromatic carbocycles. The van der Waals surface area contributed by atoms with Crippen molar-refractivity contribution in [2.24, 2.45) is 5.92 Å². The van der Waals surface area contributed by atoms with E-state index in [-0.39, 0.29) is 12.3 Å². The number of aromatic nitrogens is 1. The third-order valence-corrected chi connectivity index (χ3v) is 2.95. The summed E-state index contributed by atoms with van der Waals surface area (Å²) >= 11 is 0. The number of aliphatic carboxylic acids is 1. The second-order valence-electron chi connectivity index (χ2n) is 4.22. The fourth-order valence-electron chi connectivity index (χ4n) is 2.09. The largest absolute Gasteiger partial charge is 0.481 e. The number of carboxylic acid groups (broad SMARTS) is 1. The Bertz CT molecular complexity index is 450. The lowest BCUT2D eigenvalue weighted by Gasteiger charge is -2.16. The van der Waals surface area contributed by atoms with Crippen molar-refractivity contribution in [1.29, 1.82) is 5.26 Å². The molecule has 1 N–H and O–H groups in total. The lowest BCUT2D eigenvalue weighted by molar-refractivity contribution is -0.137. The Morgan fingerprint density at radius 1 is 1.65 bits per heavy atom. The van der Waals surface area contributed by atoms with Crippen LogP contribution in [-0.2, 0) is 4.79 Å². The highest BCUT2D eigenvalue weighted by molar-refractivity contribution is 5.67. The van der Waals surface area contributed by atoms with Crippen LogP contribution in [0, 0.1) is 17.2 Å². The number of carbonyl (C=O) groups is 1. The first-order chi connectivity index (χ1) is 8.19. The van der Waals surface area contributed by atoms with Crippen LogP contribution in [0.25, 0.3) is 0 Å². The number of anilines is 1. The van der Waals surface area contributed by atoms with E-state index in [0.717, 1.165) is 25.3 Å². The summed E-state index contributed by atoms with van der Waals surface area (Å²) in [4.78, 5) is 16.9. The fraction of sp³-hybridized carbons (Fsp3) is 0.417. The Kier molecular flexibility index (Phi) is 3.24. The van der Waals surface area contributed by atoms with Gasteiger partial charge in [-0.3, -0.25) is 4.79 Å². The molecule has 1 aromatic heterocycles. The molecule has 5 heteroatoms. The minimum atomic E-state index is -0.746. The van der Waals surface area contributed by atoms with Crippen molar-refractivity contribution in [3.8, 4) is 6.07 Å². The SMILES string of the molecule is N#Cc1ccc(N2CCC(CC(=O)O)C2)nc1. The molecule has 1 atom stereocenters. The van der Waals surface area contributed by atoms with Gasteiger partial charge in [0.15, 0.2) is 0 Å². The molecule has 0 bridgehead atoms. The summed E-state index contributed by atoms with van der Waals surface area (Å²) in [5.74, 6) is 0.270. The molecule has 0 amide bonds. The van der Waals surface area contributed by atoms with E-state index in [2.05, 4.69) is 9.88 Å². The van der Waals surface area contributed by atoms with Crippen LogP contribution in [0.2, 0.25) is 0 Å². The van der Waals surface area contributed by atoms with Crippen molar-refractivity contribution < 1.29 is 9.90 Å². The van der Waals surface area contributed by atoms with Crippen molar-refractivity contribution in [2.45, 2.75) is 12.8 Å². The normalized spacial score (nSPS) is 19.0. The molecule has 88 valence electrons. The van der Waals surface area contributed by atoms with Gasteiger partial charge in [0.1, 0.15) is 11.9 Å². The van der Waals surface area contributed by atoms with E-state index in [1.165, 1.54) is 0 Å². The standard InChI is InChI=1S/C12H13N3O2/c13-6-10-1-2-11(14-7-10)15-4-3-9(8-15)5-12(16)17/h1-2,7,9H,3-5,8H2,(H,16,17). The second-order valence-corrected chi connectivity index (χ2v) is 4.22. The summed E-state index contributed by atoms with van der Waals surface area (Å²) in [6, 6.07) is 5.56. The molecule has 0 saturated carbocycles. The first-order valence-electron chi connectivity index (χ1n) is 5.52. The van der Waals surface area contributed by atoms with Crippen molar-refractivity contribution >= 4 is 11.8 Å². The average molecular weight is 231 g/mol. The first-order valence-corrected chi connectivity index (χ1v) is 5.52. The molecule has 1 fully saturated rings. The molecule has 5 nitrogen and oxygen atoms in total. The first kappa shape index (κ1) is 11.4. The van der Waals surface area contributed by atoms with Gasteiger partial charge in [-0.2, -0.15) is 5.26 Å². The number of rotatable bonds is 3. The summed E-state index contributed by atoms with van der Waals surface area (Å²) in [6.45, 7) is 1.56. The number of pyridine rings is 1. The van der Waals surface area contributed by atoms with Gasteiger partial charge in [0.05, 0.1) is 5.56 Å². The van der Waals surface area contributed by atoms with Crippen LogP contribution in [0.1, 0.15) is 18.4 Å². The minimum absolute atomic E-state index is 0.199. The van der Waals surface area contributed by atoms with E-state index in [1.54, 1.807) is 12.3 Å². The van der Waals surface area contributed by atoms with Crippen LogP contribution in [0.15, 0.2) is 18.3 Å². The fourth-order valence-corrected chi connectivity index (χ4v) is 2.09. The molecule has 2 rings (SSSR count). The van der Waals surface area contributed by atoms with E-state index in [0.29, 0.717) is 5.56 Å². The molecule has 1 aromatic rings. The maximum absolute atomic E-state index is 10.6. The molecule has 1 aliphatic heterocycles. The van der Waals surface area contributed by atoms with Crippen LogP contribution in [0.5, 0.6) is 0 Å². The van der Waals surface area contributed by atoms with Gasteiger partial charge in [0.25, 0.3) is 0 Å². The molecule has 17 heavy (non-hydrogen) atoms. The number of hydrogen-bond donors (Lipinski definition) is 1. The molecule has 1 aliphatic rings. The summed E-state index contributed by atoms with van der Waals surface area (Å²) in [5, 5.41) is 17.4. The second kappa shape index (κ2) is 4.83. The molecule has 1 saturated heterocycles. The van der Waals surface area contributed by atoms with Gasteiger partial charge in [-0.15, -0.1) is 0 Å². The topological polar surface area (TPSA) is 77.2 Å². The van der Waals surface area contributed by atoms with Gasteiger partial charge < -0.3 is 10.0 Å². The van der Waals surface area contributed by atoms with Crippen LogP contribution < -0.4 is 4.90 Å². The van der Waals surface area contributed by atoms with E-state index in [4.69, 9.17) is 10.4 Å². The lowest BCUT2D eigenvalue weighted by Crippen LogP contribution is -2.21. The molecule has 0 spiro atoms. The Morgan fingerprint density at radius 2 is 2.47 bits per heavy atom. The summed E-state index contributed by atoms with van der Waals surface area (Å²) in [6.07, 6.45) is 2.64. The maximum Gasteiger partial charge on any atom is 0.303 e. The van der Waals surface area contributed by atoms with Gasteiger partial charge in [0, 0.05) is 25.7 Å². The number of nitrogens with zero attached hydrogens (tertiary/aromatic N) is 3. The Labute approximate surface area is 99.3 Å². The monoisotopic (exact) mass is 231 g/mol. The quantitative estimate of drug-likeness (QED) is 0.847. The highest BCUT2D eigenvalue weighted by Crippen LogP contribution is 2.24. The van der Waals surface area contributed by atoms with E-state index >= 15 is 0 Å². The predicted octanol–water partition coefficient (Wildman–Crippen LogP) is 1.25. The van der Waals surface area contributed by atoms with Crippen molar-refractivity contribution in [3.05, 3.63) is 23.9 Å². The molecule has 0 aliphatic carbocycles. The number of hydrogen-bond acceptors (Lipinski definition) is 4. The summed E-state index contributed by atoms with van der Waals surface area (Å²) in [7, 11) is 0. The van der Waals surface area contributed by atoms with Crippen LogP contribution in [0.3, 0.4) is 0 Å². The molecular formula is C12H13N3O2. The Balaban J connectivity index is 2.00. The van der Waals surface area contributed by atoms with Gasteiger partial charge in [-0.05, 0) is 24.5 Å². The van der Waals surface area contributed by atoms with E-state index in [9.17, 15) is 4.79 Å². The van der Waals surface area contributed by atoms with Crippen LogP contribution >= 0.6 is 0 Å². The number of nitriles is 1. The molecule has 2 heterocycles. The number of carboxylic acids is 1. The van der Waals surface area contributed by atoms with Crippen molar-refractivity contribution in [3.63, 3.8) is 0 Å². The molecule has 0 radical (unpaired) electrons. The Hall–Kier alpha value is -2.09. The zero-order valence-corrected chi connectivity index (χ0v) is 9.33. The van der Waals surface area contributed by atoms with Crippen LogP contribution in [0.4, 0.5) is 5.82 Å². The smallest absolute Gasteiger partial charge is 0.303 e. The van der Waals surface area contributed by atoms with E-state index in [1.807, 2.05) is 12.1 Å².